The molecule has 0 aromatic carbocycles. The molecule has 11 heavy (non-hydrogen) atoms. The Labute approximate surface area is 68.1 Å². The predicted octanol–water partition coefficient (Wildman–Crippen LogP) is 2.40. The van der Waals surface area contributed by atoms with Gasteiger partial charge < -0.3 is 5.11 Å². The van der Waals surface area contributed by atoms with Crippen molar-refractivity contribution in [2.75, 3.05) is 0 Å². The van der Waals surface area contributed by atoms with E-state index in [0.717, 1.165) is 25.7 Å². The fraction of sp³-hybridized carbons (Fsp3) is 0.800. The minimum absolute atomic E-state index is 0.316. The van der Waals surface area contributed by atoms with Gasteiger partial charge in [-0.2, -0.15) is 0 Å². The smallest absolute Gasteiger partial charge is 0.0685 e. The number of aliphatic hydroxyl groups is 1. The van der Waals surface area contributed by atoms with Crippen molar-refractivity contribution in [3.63, 3.8) is 0 Å². The second-order valence-electron chi connectivity index (χ2n) is 4.00. The molecule has 1 nitrogen and oxygen atoms in total. The molecule has 0 spiro atoms. The number of hydrogen-bond acceptors (Lipinski definition) is 1. The first-order chi connectivity index (χ1) is 5.29. The van der Waals surface area contributed by atoms with Crippen LogP contribution in [0.15, 0.2) is 11.6 Å². The molecule has 3 rings (SSSR count). The van der Waals surface area contributed by atoms with E-state index in [-0.39, 0.29) is 5.60 Å². The Kier molecular flexibility index (Phi) is 1.76. The summed E-state index contributed by atoms with van der Waals surface area (Å²) in [6, 6.07) is 0. The average Bonchev–Trinajstić information content (AvgIpc) is 1.96. The van der Waals surface area contributed by atoms with E-state index in [9.17, 15) is 5.11 Å². The predicted molar refractivity (Wildman–Crippen MR) is 45.4 cm³/mol. The first kappa shape index (κ1) is 7.35. The fourth-order valence-corrected chi connectivity index (χ4v) is 2.19. The maximum Gasteiger partial charge on any atom is 0.0685 e. The van der Waals surface area contributed by atoms with Crippen LogP contribution in [0.25, 0.3) is 0 Å². The molecule has 0 aromatic heterocycles. The van der Waals surface area contributed by atoms with Gasteiger partial charge in [-0.3, -0.25) is 0 Å². The van der Waals surface area contributed by atoms with Gasteiger partial charge in [-0.15, -0.1) is 0 Å². The third-order valence-corrected chi connectivity index (χ3v) is 3.07. The van der Waals surface area contributed by atoms with Gasteiger partial charge in [0.15, 0.2) is 0 Å². The molecule has 1 fully saturated rings. The summed E-state index contributed by atoms with van der Waals surface area (Å²) in [5.41, 5.74) is 1.28. The van der Waals surface area contributed by atoms with Crippen LogP contribution < -0.4 is 0 Å². The standard InChI is InChI=1S/C10H16O/c11-10-6-2-1-3-9(4-7-10)5-8-10/h4,11H,1-3,5-8H2. The Balaban J connectivity index is 2.17. The first-order valence-corrected chi connectivity index (χ1v) is 4.69. The molecular weight excluding hydrogens is 136 g/mol. The fourth-order valence-electron chi connectivity index (χ4n) is 2.19. The highest BCUT2D eigenvalue weighted by molar-refractivity contribution is 5.11. The monoisotopic (exact) mass is 152 g/mol. The summed E-state index contributed by atoms with van der Waals surface area (Å²) in [7, 11) is 0. The van der Waals surface area contributed by atoms with Crippen molar-refractivity contribution in [3.05, 3.63) is 11.6 Å². The minimum atomic E-state index is -0.316. The van der Waals surface area contributed by atoms with Crippen molar-refractivity contribution < 1.29 is 5.11 Å². The minimum Gasteiger partial charge on any atom is -0.390 e. The molecule has 0 aromatic rings. The lowest BCUT2D eigenvalue weighted by molar-refractivity contribution is 0.0153. The van der Waals surface area contributed by atoms with Crippen molar-refractivity contribution in [2.45, 2.75) is 50.5 Å². The maximum atomic E-state index is 9.98. The van der Waals surface area contributed by atoms with Gasteiger partial charge in [0.05, 0.1) is 5.60 Å². The van der Waals surface area contributed by atoms with Gasteiger partial charge in [0, 0.05) is 0 Å². The quantitative estimate of drug-likeness (QED) is 0.528. The van der Waals surface area contributed by atoms with Crippen molar-refractivity contribution in [3.8, 4) is 0 Å². The van der Waals surface area contributed by atoms with Crippen LogP contribution in [-0.4, -0.2) is 10.7 Å². The molecule has 1 atom stereocenters. The maximum absolute atomic E-state index is 9.98. The van der Waals surface area contributed by atoms with Gasteiger partial charge in [-0.1, -0.05) is 18.1 Å². The molecule has 62 valence electrons. The summed E-state index contributed by atoms with van der Waals surface area (Å²) in [6.45, 7) is 0. The van der Waals surface area contributed by atoms with Gasteiger partial charge >= 0.3 is 0 Å². The number of rotatable bonds is 0. The highest BCUT2D eigenvalue weighted by atomic mass is 16.3. The first-order valence-electron chi connectivity index (χ1n) is 4.69. The lowest BCUT2D eigenvalue weighted by Gasteiger charge is -2.33. The van der Waals surface area contributed by atoms with Gasteiger partial charge in [0.2, 0.25) is 0 Å². The van der Waals surface area contributed by atoms with Crippen molar-refractivity contribution in [1.82, 2.24) is 0 Å². The van der Waals surface area contributed by atoms with Gasteiger partial charge in [0.25, 0.3) is 0 Å². The SMILES string of the molecule is OC12CC=C(CCCC1)CC2. The van der Waals surface area contributed by atoms with Crippen LogP contribution in [0.4, 0.5) is 0 Å². The zero-order chi connectivity index (χ0) is 7.73. The molecule has 1 unspecified atom stereocenters. The molecule has 1 heteroatoms. The van der Waals surface area contributed by atoms with Crippen LogP contribution in [0.5, 0.6) is 0 Å². The van der Waals surface area contributed by atoms with Crippen LogP contribution in [-0.2, 0) is 0 Å². The zero-order valence-electron chi connectivity index (χ0n) is 6.97. The molecule has 3 aliphatic carbocycles. The third-order valence-electron chi connectivity index (χ3n) is 3.07. The van der Waals surface area contributed by atoms with Crippen molar-refractivity contribution >= 4 is 0 Å². The van der Waals surface area contributed by atoms with Gasteiger partial charge in [0.1, 0.15) is 0 Å². The Hall–Kier alpha value is -0.300. The molecule has 2 bridgehead atoms. The molecule has 1 saturated carbocycles. The normalized spacial score (nSPS) is 37.7. The molecule has 0 saturated heterocycles. The number of hydrogen-bond donors (Lipinski definition) is 1. The molecular formula is C10H16O. The van der Waals surface area contributed by atoms with E-state index in [1.165, 1.54) is 19.3 Å². The Morgan fingerprint density at radius 1 is 1.18 bits per heavy atom. The Morgan fingerprint density at radius 2 is 2.09 bits per heavy atom. The van der Waals surface area contributed by atoms with E-state index < -0.39 is 0 Å². The van der Waals surface area contributed by atoms with E-state index in [1.54, 1.807) is 5.57 Å². The summed E-state index contributed by atoms with van der Waals surface area (Å²) in [5.74, 6) is 0. The van der Waals surface area contributed by atoms with E-state index in [4.69, 9.17) is 0 Å². The second kappa shape index (κ2) is 2.63. The molecule has 0 aliphatic heterocycles. The second-order valence-corrected chi connectivity index (χ2v) is 4.00. The van der Waals surface area contributed by atoms with E-state index in [0.29, 0.717) is 0 Å². The third kappa shape index (κ3) is 1.48. The van der Waals surface area contributed by atoms with E-state index in [2.05, 4.69) is 6.08 Å². The molecule has 0 amide bonds. The zero-order valence-corrected chi connectivity index (χ0v) is 6.97. The largest absolute Gasteiger partial charge is 0.390 e. The van der Waals surface area contributed by atoms with E-state index >= 15 is 0 Å². The lowest BCUT2D eigenvalue weighted by Crippen LogP contribution is -2.31. The summed E-state index contributed by atoms with van der Waals surface area (Å²) >= 11 is 0. The highest BCUT2D eigenvalue weighted by Gasteiger charge is 2.29. The van der Waals surface area contributed by atoms with Crippen LogP contribution in [0, 0.1) is 0 Å². The average molecular weight is 152 g/mol. The number of allylic oxidation sites excluding steroid dienone is 1. The highest BCUT2D eigenvalue weighted by Crippen LogP contribution is 2.36. The topological polar surface area (TPSA) is 20.2 Å². The molecule has 0 radical (unpaired) electrons. The Bertz CT molecular complexity index is 183. The van der Waals surface area contributed by atoms with Gasteiger partial charge in [-0.05, 0) is 38.5 Å². The van der Waals surface area contributed by atoms with Crippen molar-refractivity contribution in [2.24, 2.45) is 0 Å². The lowest BCUT2D eigenvalue weighted by atomic mass is 9.78. The summed E-state index contributed by atoms with van der Waals surface area (Å²) < 4.78 is 0. The Morgan fingerprint density at radius 3 is 2.82 bits per heavy atom. The summed E-state index contributed by atoms with van der Waals surface area (Å²) in [6.07, 6.45) is 10.2. The molecule has 1 N–H and O–H groups in total. The molecule has 0 heterocycles. The van der Waals surface area contributed by atoms with E-state index in [1.807, 2.05) is 0 Å². The van der Waals surface area contributed by atoms with Crippen LogP contribution in [0.3, 0.4) is 0 Å². The van der Waals surface area contributed by atoms with Crippen LogP contribution in [0.2, 0.25) is 0 Å². The van der Waals surface area contributed by atoms with Crippen LogP contribution >= 0.6 is 0 Å². The number of fused-ring (bicyclic) bond motifs is 5. The van der Waals surface area contributed by atoms with Crippen LogP contribution in [0.1, 0.15) is 44.9 Å². The van der Waals surface area contributed by atoms with Gasteiger partial charge in [-0.25, -0.2) is 0 Å². The van der Waals surface area contributed by atoms with Crippen molar-refractivity contribution in [1.29, 1.82) is 0 Å². The summed E-state index contributed by atoms with van der Waals surface area (Å²) in [4.78, 5) is 0. The molecule has 3 aliphatic rings. The summed E-state index contributed by atoms with van der Waals surface area (Å²) in [5, 5.41) is 9.98.